The molecule has 0 unspecified atom stereocenters. The molecule has 1 aromatic heterocycles. The lowest BCUT2D eigenvalue weighted by molar-refractivity contribution is 0.0914. The van der Waals surface area contributed by atoms with Gasteiger partial charge in [-0.25, -0.2) is 9.97 Å². The molecule has 0 spiro atoms. The van der Waals surface area contributed by atoms with Gasteiger partial charge in [-0.2, -0.15) is 0 Å². The van der Waals surface area contributed by atoms with Crippen LogP contribution in [0.1, 0.15) is 31.3 Å². The van der Waals surface area contributed by atoms with E-state index in [1.807, 2.05) is 20.8 Å². The minimum Gasteiger partial charge on any atom is -0.346 e. The summed E-state index contributed by atoms with van der Waals surface area (Å²) in [6.07, 6.45) is 1.34. The van der Waals surface area contributed by atoms with Crippen molar-refractivity contribution in [2.24, 2.45) is 0 Å². The van der Waals surface area contributed by atoms with Crippen molar-refractivity contribution >= 4 is 34.4 Å². The number of carbonyl (C=O) groups excluding carboxylic acids is 1. The van der Waals surface area contributed by atoms with Crippen molar-refractivity contribution < 1.29 is 4.79 Å². The van der Waals surface area contributed by atoms with Crippen molar-refractivity contribution in [1.29, 1.82) is 0 Å². The number of rotatable bonds is 3. The number of anilines is 1. The second-order valence-electron chi connectivity index (χ2n) is 4.19. The normalized spacial score (nSPS) is 11.0. The van der Waals surface area contributed by atoms with Crippen molar-refractivity contribution in [2.75, 3.05) is 4.72 Å². The molecule has 1 amide bonds. The van der Waals surface area contributed by atoms with Crippen LogP contribution in [-0.4, -0.2) is 21.4 Å². The Kier molecular flexibility index (Phi) is 4.43. The van der Waals surface area contributed by atoms with Gasteiger partial charge in [-0.3, -0.25) is 4.79 Å². The maximum Gasteiger partial charge on any atom is 0.270 e. The molecule has 0 aliphatic carbocycles. The Hall–Kier alpha value is -0.950. The summed E-state index contributed by atoms with van der Waals surface area (Å²) in [6.45, 7) is 5.73. The Morgan fingerprint density at radius 1 is 1.44 bits per heavy atom. The number of carbonyl (C=O) groups is 1. The molecule has 0 bridgehead atoms. The van der Waals surface area contributed by atoms with Crippen LogP contribution in [0.4, 0.5) is 5.82 Å². The van der Waals surface area contributed by atoms with E-state index in [0.717, 1.165) is 11.0 Å². The number of amides is 1. The van der Waals surface area contributed by atoms with Crippen molar-refractivity contribution in [3.63, 3.8) is 0 Å². The third kappa shape index (κ3) is 4.28. The zero-order chi connectivity index (χ0) is 12.2. The van der Waals surface area contributed by atoms with Gasteiger partial charge in [0, 0.05) is 22.6 Å². The Morgan fingerprint density at radius 3 is 2.69 bits per heavy atom. The predicted molar refractivity (Wildman–Crippen MR) is 69.5 cm³/mol. The Morgan fingerprint density at radius 2 is 2.12 bits per heavy atom. The highest BCUT2D eigenvalue weighted by Gasteiger charge is 2.16. The highest BCUT2D eigenvalue weighted by Crippen LogP contribution is 2.12. The first-order valence-corrected chi connectivity index (χ1v) is 6.50. The predicted octanol–water partition coefficient (Wildman–Crippen LogP) is 1.91. The van der Waals surface area contributed by atoms with Gasteiger partial charge >= 0.3 is 0 Å². The molecule has 0 saturated heterocycles. The summed E-state index contributed by atoms with van der Waals surface area (Å²) in [5.41, 5.74) is 0.0447. The SMILES string of the molecule is CC(C)(C)NC(=O)c1cc(NSS)ncn1. The summed E-state index contributed by atoms with van der Waals surface area (Å²) in [5.74, 6) is 0.330. The van der Waals surface area contributed by atoms with E-state index in [1.54, 1.807) is 6.07 Å². The van der Waals surface area contributed by atoms with Crippen molar-refractivity contribution in [2.45, 2.75) is 26.3 Å². The van der Waals surface area contributed by atoms with Crippen LogP contribution in [0.5, 0.6) is 0 Å². The molecular formula is C9H14N4OS2. The second-order valence-corrected chi connectivity index (χ2v) is 5.12. The fourth-order valence-electron chi connectivity index (χ4n) is 0.989. The smallest absolute Gasteiger partial charge is 0.270 e. The molecule has 0 atom stereocenters. The van der Waals surface area contributed by atoms with Crippen LogP contribution in [0.2, 0.25) is 0 Å². The standard InChI is InChI=1S/C9H14N4OS2/c1-9(2,3)12-8(14)6-4-7(13-16-15)11-5-10-6/h4-5,15H,1-3H3,(H,12,14)(H,10,11,13). The zero-order valence-corrected chi connectivity index (χ0v) is 11.0. The number of thiol groups is 1. The maximum atomic E-state index is 11.8. The Balaban J connectivity index is 2.79. The van der Waals surface area contributed by atoms with Crippen molar-refractivity contribution in [3.8, 4) is 0 Å². The summed E-state index contributed by atoms with van der Waals surface area (Å²) in [5, 5.41) is 2.82. The molecular weight excluding hydrogens is 244 g/mol. The molecule has 1 aromatic rings. The first kappa shape index (κ1) is 13.1. The van der Waals surface area contributed by atoms with Gasteiger partial charge in [0.2, 0.25) is 0 Å². The summed E-state index contributed by atoms with van der Waals surface area (Å²) in [6, 6.07) is 1.57. The summed E-state index contributed by atoms with van der Waals surface area (Å²) in [4.78, 5) is 19.6. The number of nitrogens with one attached hydrogen (secondary N) is 2. The minimum absolute atomic E-state index is 0.220. The van der Waals surface area contributed by atoms with Gasteiger partial charge in [0.15, 0.2) is 0 Å². The topological polar surface area (TPSA) is 66.9 Å². The lowest BCUT2D eigenvalue weighted by atomic mass is 10.1. The van der Waals surface area contributed by atoms with Gasteiger partial charge in [0.1, 0.15) is 17.8 Å². The number of hydrogen-bond acceptors (Lipinski definition) is 6. The van der Waals surface area contributed by atoms with Crippen molar-refractivity contribution in [1.82, 2.24) is 15.3 Å². The van der Waals surface area contributed by atoms with E-state index >= 15 is 0 Å². The summed E-state index contributed by atoms with van der Waals surface area (Å²) >= 11 is 3.93. The molecule has 1 heterocycles. The van der Waals surface area contributed by atoms with Crippen LogP contribution >= 0.6 is 22.6 Å². The molecule has 2 N–H and O–H groups in total. The van der Waals surface area contributed by atoms with Crippen LogP contribution < -0.4 is 10.0 Å². The number of nitrogens with zero attached hydrogens (tertiary/aromatic N) is 2. The summed E-state index contributed by atoms with van der Waals surface area (Å²) < 4.78 is 2.82. The van der Waals surface area contributed by atoms with E-state index in [1.165, 1.54) is 6.33 Å². The highest BCUT2D eigenvalue weighted by atomic mass is 33.1. The van der Waals surface area contributed by atoms with Gasteiger partial charge in [0.25, 0.3) is 5.91 Å². The molecule has 1 rings (SSSR count). The Bertz CT molecular complexity index is 378. The van der Waals surface area contributed by atoms with Crippen molar-refractivity contribution in [3.05, 3.63) is 18.1 Å². The summed E-state index contributed by atoms with van der Waals surface area (Å²) in [7, 11) is 1.11. The third-order valence-corrected chi connectivity index (χ3v) is 2.11. The van der Waals surface area contributed by atoms with Gasteiger partial charge in [-0.1, -0.05) is 11.7 Å². The van der Waals surface area contributed by atoms with E-state index in [2.05, 4.69) is 31.7 Å². The first-order valence-electron chi connectivity index (χ1n) is 4.63. The molecule has 16 heavy (non-hydrogen) atoms. The molecule has 0 aliphatic rings. The lowest BCUT2D eigenvalue weighted by Crippen LogP contribution is -2.40. The van der Waals surface area contributed by atoms with Crippen LogP contribution in [0.25, 0.3) is 0 Å². The molecule has 0 radical (unpaired) electrons. The molecule has 0 fully saturated rings. The average molecular weight is 258 g/mol. The van der Waals surface area contributed by atoms with E-state index in [-0.39, 0.29) is 11.4 Å². The molecule has 7 heteroatoms. The quantitative estimate of drug-likeness (QED) is 0.439. The van der Waals surface area contributed by atoms with E-state index < -0.39 is 0 Å². The number of hydrogen-bond donors (Lipinski definition) is 3. The van der Waals surface area contributed by atoms with Gasteiger partial charge in [-0.05, 0) is 20.8 Å². The Labute approximate surface area is 104 Å². The van der Waals surface area contributed by atoms with Crippen LogP contribution in [0, 0.1) is 0 Å². The largest absolute Gasteiger partial charge is 0.346 e. The fourth-order valence-corrected chi connectivity index (χ4v) is 1.47. The maximum absolute atomic E-state index is 11.8. The van der Waals surface area contributed by atoms with Gasteiger partial charge in [-0.15, -0.1) is 0 Å². The molecule has 0 saturated carbocycles. The zero-order valence-electron chi connectivity index (χ0n) is 9.31. The van der Waals surface area contributed by atoms with Crippen LogP contribution in [0.3, 0.4) is 0 Å². The first-order chi connectivity index (χ1) is 7.42. The van der Waals surface area contributed by atoms with E-state index in [0.29, 0.717) is 11.5 Å². The van der Waals surface area contributed by atoms with Gasteiger partial charge in [0.05, 0.1) is 0 Å². The van der Waals surface area contributed by atoms with E-state index in [9.17, 15) is 4.79 Å². The second kappa shape index (κ2) is 5.40. The molecule has 5 nitrogen and oxygen atoms in total. The minimum atomic E-state index is -0.284. The monoisotopic (exact) mass is 258 g/mol. The van der Waals surface area contributed by atoms with Crippen LogP contribution in [-0.2, 0) is 0 Å². The fraction of sp³-hybridized carbons (Fsp3) is 0.444. The molecule has 0 aliphatic heterocycles. The van der Waals surface area contributed by atoms with Gasteiger partial charge < -0.3 is 10.0 Å². The number of aromatic nitrogens is 2. The highest BCUT2D eigenvalue weighted by molar-refractivity contribution is 8.69. The average Bonchev–Trinajstić information content (AvgIpc) is 2.16. The lowest BCUT2D eigenvalue weighted by Gasteiger charge is -2.20. The molecule has 0 aromatic carbocycles. The van der Waals surface area contributed by atoms with Crippen LogP contribution in [0.15, 0.2) is 12.4 Å². The molecule has 88 valence electrons. The third-order valence-electron chi connectivity index (χ3n) is 1.54. The van der Waals surface area contributed by atoms with E-state index in [4.69, 9.17) is 0 Å².